The van der Waals surface area contributed by atoms with Gasteiger partial charge in [0.1, 0.15) is 0 Å². The third kappa shape index (κ3) is 3.01. The molecule has 1 aromatic heterocycles. The molecule has 2 aliphatic heterocycles. The Labute approximate surface area is 142 Å². The van der Waals surface area contributed by atoms with Gasteiger partial charge < -0.3 is 14.5 Å². The Kier molecular flexibility index (Phi) is 4.21. The van der Waals surface area contributed by atoms with Crippen LogP contribution in [0.3, 0.4) is 0 Å². The van der Waals surface area contributed by atoms with Crippen molar-refractivity contribution in [3.05, 3.63) is 42.1 Å². The molecule has 5 nitrogen and oxygen atoms in total. The predicted molar refractivity (Wildman–Crippen MR) is 93.0 cm³/mol. The first-order valence-corrected chi connectivity index (χ1v) is 8.65. The van der Waals surface area contributed by atoms with E-state index in [0.29, 0.717) is 12.5 Å². The van der Waals surface area contributed by atoms with E-state index in [2.05, 4.69) is 16.9 Å². The molecule has 0 spiro atoms. The lowest BCUT2D eigenvalue weighted by Gasteiger charge is -2.37. The molecule has 2 fully saturated rings. The molecular weight excluding hydrogens is 302 g/mol. The molecule has 24 heavy (non-hydrogen) atoms. The number of carbonyl (C=O) groups is 1. The fourth-order valence-corrected chi connectivity index (χ4v) is 3.79. The number of hydrogen-bond donors (Lipinski definition) is 0. The number of amides is 1. The zero-order valence-corrected chi connectivity index (χ0v) is 14.0. The second-order valence-electron chi connectivity index (χ2n) is 6.88. The lowest BCUT2D eigenvalue weighted by molar-refractivity contribution is -0.0170. The molecule has 126 valence electrons. The first-order valence-electron chi connectivity index (χ1n) is 8.65. The number of carbonyl (C=O) groups excluding carboxylic acids is 1. The highest BCUT2D eigenvalue weighted by atomic mass is 16.5. The number of nitrogens with zero attached hydrogens (tertiary/aromatic N) is 3. The molecule has 5 heteroatoms. The Morgan fingerprint density at radius 2 is 2.17 bits per heavy atom. The van der Waals surface area contributed by atoms with Gasteiger partial charge in [0.2, 0.25) is 0 Å². The van der Waals surface area contributed by atoms with Crippen LogP contribution in [0.5, 0.6) is 0 Å². The van der Waals surface area contributed by atoms with Gasteiger partial charge in [-0.25, -0.2) is 0 Å². The first-order chi connectivity index (χ1) is 11.7. The Morgan fingerprint density at radius 1 is 1.25 bits per heavy atom. The highest BCUT2D eigenvalue weighted by Crippen LogP contribution is 2.25. The van der Waals surface area contributed by atoms with Crippen molar-refractivity contribution in [2.45, 2.75) is 12.5 Å². The van der Waals surface area contributed by atoms with Crippen LogP contribution in [0, 0.1) is 5.92 Å². The molecular formula is C19H23N3O2. The Hall–Kier alpha value is -1.98. The van der Waals surface area contributed by atoms with E-state index in [1.54, 1.807) is 6.20 Å². The highest BCUT2D eigenvalue weighted by Gasteiger charge is 2.34. The summed E-state index contributed by atoms with van der Waals surface area (Å²) >= 11 is 0. The third-order valence-corrected chi connectivity index (χ3v) is 5.18. The summed E-state index contributed by atoms with van der Waals surface area (Å²) in [5.74, 6) is 0.628. The van der Waals surface area contributed by atoms with Gasteiger partial charge in [-0.3, -0.25) is 9.78 Å². The number of fused-ring (bicyclic) bond motifs is 2. The van der Waals surface area contributed by atoms with Crippen LogP contribution >= 0.6 is 0 Å². The molecule has 4 rings (SSSR count). The fraction of sp³-hybridized carbons (Fsp3) is 0.474. The quantitative estimate of drug-likeness (QED) is 0.805. The van der Waals surface area contributed by atoms with Crippen molar-refractivity contribution in [2.24, 2.45) is 5.92 Å². The molecule has 1 amide bonds. The van der Waals surface area contributed by atoms with E-state index in [0.717, 1.165) is 49.1 Å². The van der Waals surface area contributed by atoms with Crippen LogP contribution in [0.25, 0.3) is 10.9 Å². The van der Waals surface area contributed by atoms with Crippen molar-refractivity contribution in [1.29, 1.82) is 0 Å². The molecule has 0 bridgehead atoms. The highest BCUT2D eigenvalue weighted by molar-refractivity contribution is 5.98. The Bertz CT molecular complexity index is 748. The minimum absolute atomic E-state index is 0.0976. The van der Waals surface area contributed by atoms with E-state index in [1.807, 2.05) is 35.2 Å². The normalized spacial score (nSPS) is 25.3. The number of rotatable bonds is 1. The Morgan fingerprint density at radius 3 is 3.08 bits per heavy atom. The summed E-state index contributed by atoms with van der Waals surface area (Å²) in [7, 11) is 2.15. The summed E-state index contributed by atoms with van der Waals surface area (Å²) in [5, 5.41) is 1.01. The third-order valence-electron chi connectivity index (χ3n) is 5.18. The molecule has 0 saturated carbocycles. The number of aromatic nitrogens is 1. The summed E-state index contributed by atoms with van der Waals surface area (Å²) in [6.45, 7) is 4.29. The number of benzene rings is 1. The average Bonchev–Trinajstić information content (AvgIpc) is 2.80. The maximum Gasteiger partial charge on any atom is 0.253 e. The molecule has 0 aliphatic carbocycles. The van der Waals surface area contributed by atoms with E-state index >= 15 is 0 Å². The van der Waals surface area contributed by atoms with Crippen LogP contribution in [0.15, 0.2) is 36.5 Å². The van der Waals surface area contributed by atoms with Gasteiger partial charge >= 0.3 is 0 Å². The maximum absolute atomic E-state index is 12.9. The van der Waals surface area contributed by atoms with Crippen molar-refractivity contribution in [3.63, 3.8) is 0 Å². The topological polar surface area (TPSA) is 45.7 Å². The fourth-order valence-electron chi connectivity index (χ4n) is 3.79. The molecule has 2 atom stereocenters. The second-order valence-corrected chi connectivity index (χ2v) is 6.88. The average molecular weight is 325 g/mol. The van der Waals surface area contributed by atoms with Gasteiger partial charge in [0, 0.05) is 49.2 Å². The molecule has 0 radical (unpaired) electrons. The van der Waals surface area contributed by atoms with Crippen molar-refractivity contribution < 1.29 is 9.53 Å². The van der Waals surface area contributed by atoms with Crippen LogP contribution < -0.4 is 0 Å². The first kappa shape index (κ1) is 15.5. The zero-order chi connectivity index (χ0) is 16.5. The molecule has 2 aromatic rings. The van der Waals surface area contributed by atoms with E-state index in [4.69, 9.17) is 4.74 Å². The smallest absolute Gasteiger partial charge is 0.253 e. The zero-order valence-electron chi connectivity index (χ0n) is 14.0. The van der Waals surface area contributed by atoms with Gasteiger partial charge in [-0.05, 0) is 37.7 Å². The number of likely N-dealkylation sites (N-methyl/N-ethyl adjacent to an activating group) is 1. The van der Waals surface area contributed by atoms with Crippen molar-refractivity contribution in [3.8, 4) is 0 Å². The van der Waals surface area contributed by atoms with Crippen LogP contribution in [0.2, 0.25) is 0 Å². The molecule has 2 aliphatic rings. The molecule has 0 unspecified atom stereocenters. The van der Waals surface area contributed by atoms with E-state index in [1.165, 1.54) is 0 Å². The van der Waals surface area contributed by atoms with Crippen LogP contribution in [0.4, 0.5) is 0 Å². The maximum atomic E-state index is 12.9. The van der Waals surface area contributed by atoms with E-state index in [-0.39, 0.29) is 12.0 Å². The predicted octanol–water partition coefficient (Wildman–Crippen LogP) is 2.03. The summed E-state index contributed by atoms with van der Waals surface area (Å²) in [4.78, 5) is 21.5. The number of pyridine rings is 1. The minimum Gasteiger partial charge on any atom is -0.375 e. The van der Waals surface area contributed by atoms with Crippen LogP contribution in [-0.4, -0.2) is 66.6 Å². The van der Waals surface area contributed by atoms with Crippen LogP contribution in [-0.2, 0) is 4.74 Å². The summed E-state index contributed by atoms with van der Waals surface area (Å²) in [5.41, 5.74) is 1.66. The number of piperidine rings is 1. The summed E-state index contributed by atoms with van der Waals surface area (Å²) in [6, 6.07) is 9.64. The summed E-state index contributed by atoms with van der Waals surface area (Å²) < 4.78 is 6.02. The van der Waals surface area contributed by atoms with Gasteiger partial charge in [-0.15, -0.1) is 0 Å². The lowest BCUT2D eigenvalue weighted by Crippen LogP contribution is -2.48. The number of likely N-dealkylation sites (tertiary alicyclic amines) is 1. The SMILES string of the molecule is CN1CCO[C@H]2CN(C(=O)c3ccc4ncccc4c3)CC[C@H]2C1. The number of ether oxygens (including phenoxy) is 1. The monoisotopic (exact) mass is 325 g/mol. The van der Waals surface area contributed by atoms with Crippen LogP contribution in [0.1, 0.15) is 16.8 Å². The molecule has 3 heterocycles. The molecule has 0 N–H and O–H groups in total. The van der Waals surface area contributed by atoms with Crippen molar-refractivity contribution >= 4 is 16.8 Å². The van der Waals surface area contributed by atoms with Gasteiger partial charge in [0.05, 0.1) is 18.2 Å². The van der Waals surface area contributed by atoms with Gasteiger partial charge in [0.15, 0.2) is 0 Å². The van der Waals surface area contributed by atoms with Gasteiger partial charge in [-0.1, -0.05) is 6.07 Å². The second kappa shape index (κ2) is 6.49. The van der Waals surface area contributed by atoms with Crippen molar-refractivity contribution in [2.75, 3.05) is 39.8 Å². The molecule has 1 aromatic carbocycles. The Balaban J connectivity index is 1.51. The number of hydrogen-bond acceptors (Lipinski definition) is 4. The van der Waals surface area contributed by atoms with Crippen molar-refractivity contribution in [1.82, 2.24) is 14.8 Å². The minimum atomic E-state index is 0.0976. The van der Waals surface area contributed by atoms with E-state index < -0.39 is 0 Å². The van der Waals surface area contributed by atoms with Gasteiger partial charge in [-0.2, -0.15) is 0 Å². The standard InChI is InChI=1S/C19H23N3O2/c1-21-9-10-24-18-13-22(8-6-16(18)12-21)19(23)15-4-5-17-14(11-15)3-2-7-20-17/h2-5,7,11,16,18H,6,8-10,12-13H2,1H3/t16-,18-/m0/s1. The summed E-state index contributed by atoms with van der Waals surface area (Å²) in [6.07, 6.45) is 2.94. The lowest BCUT2D eigenvalue weighted by atomic mass is 9.93. The largest absolute Gasteiger partial charge is 0.375 e. The van der Waals surface area contributed by atoms with Gasteiger partial charge in [0.25, 0.3) is 5.91 Å². The van der Waals surface area contributed by atoms with E-state index in [9.17, 15) is 4.79 Å². The molecule has 2 saturated heterocycles.